The van der Waals surface area contributed by atoms with Crippen LogP contribution in [0.15, 0.2) is 60.7 Å². The van der Waals surface area contributed by atoms with Crippen molar-refractivity contribution in [1.29, 1.82) is 0 Å². The lowest BCUT2D eigenvalue weighted by molar-refractivity contribution is 0.367. The number of benzene rings is 2. The van der Waals surface area contributed by atoms with Gasteiger partial charge in [-0.15, -0.1) is 0 Å². The summed E-state index contributed by atoms with van der Waals surface area (Å²) in [5.41, 5.74) is 1.92. The van der Waals surface area contributed by atoms with Crippen molar-refractivity contribution in [2.24, 2.45) is 0 Å². The predicted octanol–water partition coefficient (Wildman–Crippen LogP) is 2.94. The molecule has 0 amide bonds. The van der Waals surface area contributed by atoms with E-state index in [0.717, 1.165) is 11.1 Å². The van der Waals surface area contributed by atoms with Crippen LogP contribution in [0.1, 0.15) is 30.5 Å². The van der Waals surface area contributed by atoms with Crippen LogP contribution in [-0.2, 0) is 9.84 Å². The molecule has 0 spiro atoms. The van der Waals surface area contributed by atoms with E-state index in [2.05, 4.69) is 29.6 Å². The first-order valence-corrected chi connectivity index (χ1v) is 9.38. The molecule has 1 aliphatic rings. The molecule has 1 fully saturated rings. The van der Waals surface area contributed by atoms with Gasteiger partial charge in [-0.25, -0.2) is 8.42 Å². The monoisotopic (exact) mass is 315 g/mol. The maximum Gasteiger partial charge on any atom is 0.152 e. The molecule has 1 heterocycles. The second kappa shape index (κ2) is 5.86. The molecule has 1 N–H and O–H groups in total. The molecule has 0 bridgehead atoms. The first-order valence-electron chi connectivity index (χ1n) is 7.56. The third-order valence-electron chi connectivity index (χ3n) is 4.26. The minimum atomic E-state index is -2.93. The standard InChI is InChI=1S/C18H21NO2S/c1-18(12-13-22(20,21)14-18)19-17(15-8-4-2-5-9-15)16-10-6-3-7-11-16/h2-11,17,19H,12-14H2,1H3/t18-/m0/s1. The summed E-state index contributed by atoms with van der Waals surface area (Å²) in [5, 5.41) is 3.60. The Bertz CT molecular complexity index is 689. The molecule has 0 aromatic heterocycles. The van der Waals surface area contributed by atoms with E-state index in [-0.39, 0.29) is 23.1 Å². The normalized spacial score (nSPS) is 23.7. The van der Waals surface area contributed by atoms with Crippen LogP contribution in [0.5, 0.6) is 0 Å². The summed E-state index contributed by atoms with van der Waals surface area (Å²) in [7, 11) is -2.93. The van der Waals surface area contributed by atoms with Crippen LogP contribution in [0.25, 0.3) is 0 Å². The van der Waals surface area contributed by atoms with Gasteiger partial charge in [-0.1, -0.05) is 60.7 Å². The van der Waals surface area contributed by atoms with Crippen molar-refractivity contribution in [2.45, 2.75) is 24.9 Å². The van der Waals surface area contributed by atoms with E-state index in [0.29, 0.717) is 6.42 Å². The van der Waals surface area contributed by atoms with Crippen LogP contribution in [-0.4, -0.2) is 25.5 Å². The largest absolute Gasteiger partial charge is 0.300 e. The molecule has 4 heteroatoms. The van der Waals surface area contributed by atoms with Crippen molar-refractivity contribution < 1.29 is 8.42 Å². The average Bonchev–Trinajstić information content (AvgIpc) is 2.80. The number of hydrogen-bond acceptors (Lipinski definition) is 3. The number of hydrogen-bond donors (Lipinski definition) is 1. The summed E-state index contributed by atoms with van der Waals surface area (Å²) < 4.78 is 23.7. The average molecular weight is 315 g/mol. The fourth-order valence-electron chi connectivity index (χ4n) is 3.12. The molecule has 1 atom stereocenters. The van der Waals surface area contributed by atoms with Gasteiger partial charge in [-0.2, -0.15) is 0 Å². The highest BCUT2D eigenvalue weighted by Crippen LogP contribution is 2.30. The number of sulfone groups is 1. The Morgan fingerprint density at radius 3 is 1.86 bits per heavy atom. The molecular weight excluding hydrogens is 294 g/mol. The van der Waals surface area contributed by atoms with Gasteiger partial charge in [0.1, 0.15) is 0 Å². The van der Waals surface area contributed by atoms with Crippen LogP contribution in [0, 0.1) is 0 Å². The van der Waals surface area contributed by atoms with Gasteiger partial charge in [0, 0.05) is 5.54 Å². The summed E-state index contributed by atoms with van der Waals surface area (Å²) in [4.78, 5) is 0. The molecule has 1 saturated heterocycles. The highest BCUT2D eigenvalue weighted by molar-refractivity contribution is 7.91. The molecule has 3 nitrogen and oxygen atoms in total. The molecule has 3 rings (SSSR count). The Kier molecular flexibility index (Phi) is 4.06. The molecule has 116 valence electrons. The van der Waals surface area contributed by atoms with E-state index in [1.54, 1.807) is 0 Å². The fourth-order valence-corrected chi connectivity index (χ4v) is 5.23. The minimum Gasteiger partial charge on any atom is -0.300 e. The molecule has 22 heavy (non-hydrogen) atoms. The third kappa shape index (κ3) is 3.39. The van der Waals surface area contributed by atoms with Crippen LogP contribution in [0.2, 0.25) is 0 Å². The van der Waals surface area contributed by atoms with Gasteiger partial charge in [0.25, 0.3) is 0 Å². The zero-order valence-electron chi connectivity index (χ0n) is 12.7. The first-order chi connectivity index (χ1) is 10.5. The van der Waals surface area contributed by atoms with Gasteiger partial charge in [0.2, 0.25) is 0 Å². The summed E-state index contributed by atoms with van der Waals surface area (Å²) >= 11 is 0. The summed E-state index contributed by atoms with van der Waals surface area (Å²) in [6.07, 6.45) is 0.658. The van der Waals surface area contributed by atoms with Crippen LogP contribution < -0.4 is 5.32 Å². The van der Waals surface area contributed by atoms with E-state index in [9.17, 15) is 8.42 Å². The first kappa shape index (κ1) is 15.3. The van der Waals surface area contributed by atoms with Crippen LogP contribution >= 0.6 is 0 Å². The van der Waals surface area contributed by atoms with Crippen molar-refractivity contribution in [3.05, 3.63) is 71.8 Å². The lowest BCUT2D eigenvalue weighted by atomic mass is 9.93. The highest BCUT2D eigenvalue weighted by Gasteiger charge is 2.39. The minimum absolute atomic E-state index is 0.000648. The third-order valence-corrected chi connectivity index (χ3v) is 6.17. The van der Waals surface area contributed by atoms with Gasteiger partial charge in [-0.3, -0.25) is 5.32 Å². The molecule has 2 aromatic carbocycles. The molecule has 0 radical (unpaired) electrons. The van der Waals surface area contributed by atoms with E-state index >= 15 is 0 Å². The van der Waals surface area contributed by atoms with Crippen molar-refractivity contribution in [3.8, 4) is 0 Å². The molecule has 0 saturated carbocycles. The Balaban J connectivity index is 1.94. The quantitative estimate of drug-likeness (QED) is 0.943. The van der Waals surface area contributed by atoms with E-state index in [1.807, 2.05) is 43.3 Å². The number of nitrogens with one attached hydrogen (secondary N) is 1. The Morgan fingerprint density at radius 1 is 0.955 bits per heavy atom. The molecule has 1 aliphatic heterocycles. The maximum absolute atomic E-state index is 11.9. The van der Waals surface area contributed by atoms with Crippen LogP contribution in [0.3, 0.4) is 0 Å². The van der Waals surface area contributed by atoms with E-state index in [1.165, 1.54) is 0 Å². The smallest absolute Gasteiger partial charge is 0.152 e. The SMILES string of the molecule is C[C@]1(NC(c2ccccc2)c2ccccc2)CCS(=O)(=O)C1. The fraction of sp³-hybridized carbons (Fsp3) is 0.333. The summed E-state index contributed by atoms with van der Waals surface area (Å²) in [6.45, 7) is 2.01. The number of rotatable bonds is 4. The topological polar surface area (TPSA) is 46.2 Å². The molecule has 0 unspecified atom stereocenters. The van der Waals surface area contributed by atoms with Crippen molar-refractivity contribution >= 4 is 9.84 Å². The lowest BCUT2D eigenvalue weighted by Crippen LogP contribution is -2.45. The Hall–Kier alpha value is -1.65. The molecule has 0 aliphatic carbocycles. The van der Waals surface area contributed by atoms with Gasteiger partial charge in [0.05, 0.1) is 17.5 Å². The van der Waals surface area contributed by atoms with Gasteiger partial charge >= 0.3 is 0 Å². The van der Waals surface area contributed by atoms with E-state index in [4.69, 9.17) is 0 Å². The second-order valence-electron chi connectivity index (χ2n) is 6.30. The summed E-state index contributed by atoms with van der Waals surface area (Å²) in [6, 6.07) is 20.4. The van der Waals surface area contributed by atoms with Gasteiger partial charge in [-0.05, 0) is 24.5 Å². The van der Waals surface area contributed by atoms with E-state index < -0.39 is 9.84 Å². The Labute approximate surface area is 132 Å². The predicted molar refractivity (Wildman–Crippen MR) is 89.5 cm³/mol. The van der Waals surface area contributed by atoms with Gasteiger partial charge in [0.15, 0.2) is 9.84 Å². The maximum atomic E-state index is 11.9. The van der Waals surface area contributed by atoms with Crippen LogP contribution in [0.4, 0.5) is 0 Å². The highest BCUT2D eigenvalue weighted by atomic mass is 32.2. The second-order valence-corrected chi connectivity index (χ2v) is 8.49. The van der Waals surface area contributed by atoms with Gasteiger partial charge < -0.3 is 0 Å². The van der Waals surface area contributed by atoms with Crippen molar-refractivity contribution in [1.82, 2.24) is 5.32 Å². The van der Waals surface area contributed by atoms with Crippen molar-refractivity contribution in [3.63, 3.8) is 0 Å². The van der Waals surface area contributed by atoms with Crippen molar-refractivity contribution in [2.75, 3.05) is 11.5 Å². The zero-order valence-corrected chi connectivity index (χ0v) is 13.5. The lowest BCUT2D eigenvalue weighted by Gasteiger charge is -2.31. The molecule has 2 aromatic rings. The zero-order chi connectivity index (χ0) is 15.6. The Morgan fingerprint density at radius 2 is 1.45 bits per heavy atom. The molecular formula is C18H21NO2S. The summed E-state index contributed by atoms with van der Waals surface area (Å²) in [5.74, 6) is 0.475.